The van der Waals surface area contributed by atoms with Gasteiger partial charge in [0.15, 0.2) is 0 Å². The number of nitrogens with one attached hydrogen (secondary N) is 1. The third-order valence-electron chi connectivity index (χ3n) is 3.81. The Balaban J connectivity index is 1.93. The maximum absolute atomic E-state index is 12.0. The lowest BCUT2D eigenvalue weighted by atomic mass is 9.96. The van der Waals surface area contributed by atoms with Gasteiger partial charge < -0.3 is 16.4 Å². The van der Waals surface area contributed by atoms with Gasteiger partial charge in [-0.3, -0.25) is 24.5 Å². The SMILES string of the molecule is NC(=O)C1CCN(C(=O)C(=O)NC(=O)c2ccccc2N)CC1. The largest absolute Gasteiger partial charge is 0.398 e. The van der Waals surface area contributed by atoms with Gasteiger partial charge in [0.25, 0.3) is 5.91 Å². The molecule has 122 valence electrons. The molecule has 0 aliphatic carbocycles. The zero-order chi connectivity index (χ0) is 17.0. The Morgan fingerprint density at radius 3 is 2.26 bits per heavy atom. The van der Waals surface area contributed by atoms with E-state index in [1.165, 1.54) is 17.0 Å². The van der Waals surface area contributed by atoms with E-state index in [0.717, 1.165) is 0 Å². The Labute approximate surface area is 132 Å². The zero-order valence-electron chi connectivity index (χ0n) is 12.5. The van der Waals surface area contributed by atoms with Crippen LogP contribution in [-0.2, 0) is 14.4 Å². The standard InChI is InChI=1S/C15H18N4O4/c16-11-4-2-1-3-10(11)13(21)18-14(22)15(23)19-7-5-9(6-8-19)12(17)20/h1-4,9H,5-8,16H2,(H2,17,20)(H,18,21,22). The van der Waals surface area contributed by atoms with Crippen LogP contribution in [0, 0.1) is 5.92 Å². The number of carbonyl (C=O) groups is 4. The Kier molecular flexibility index (Phi) is 4.95. The number of hydrogen-bond donors (Lipinski definition) is 3. The summed E-state index contributed by atoms with van der Waals surface area (Å²) < 4.78 is 0. The molecule has 0 aromatic heterocycles. The number of nitrogens with zero attached hydrogens (tertiary/aromatic N) is 1. The van der Waals surface area contributed by atoms with Crippen LogP contribution in [0.3, 0.4) is 0 Å². The smallest absolute Gasteiger partial charge is 0.316 e. The van der Waals surface area contributed by atoms with Crippen molar-refractivity contribution in [2.45, 2.75) is 12.8 Å². The van der Waals surface area contributed by atoms with Crippen LogP contribution in [0.2, 0.25) is 0 Å². The second-order valence-corrected chi connectivity index (χ2v) is 5.34. The molecule has 2 rings (SSSR count). The highest BCUT2D eigenvalue weighted by atomic mass is 16.2. The van der Waals surface area contributed by atoms with E-state index >= 15 is 0 Å². The number of para-hydroxylation sites is 1. The van der Waals surface area contributed by atoms with Crippen LogP contribution in [0.25, 0.3) is 0 Å². The number of imide groups is 1. The Hall–Kier alpha value is -2.90. The highest BCUT2D eigenvalue weighted by molar-refractivity contribution is 6.38. The van der Waals surface area contributed by atoms with Gasteiger partial charge in [0, 0.05) is 24.7 Å². The molecule has 1 aliphatic rings. The Bertz CT molecular complexity index is 651. The third-order valence-corrected chi connectivity index (χ3v) is 3.81. The van der Waals surface area contributed by atoms with E-state index in [0.29, 0.717) is 12.8 Å². The van der Waals surface area contributed by atoms with Gasteiger partial charge in [0.05, 0.1) is 5.56 Å². The predicted molar refractivity (Wildman–Crippen MR) is 81.8 cm³/mol. The molecule has 0 saturated carbocycles. The van der Waals surface area contributed by atoms with E-state index in [9.17, 15) is 19.2 Å². The molecule has 23 heavy (non-hydrogen) atoms. The normalized spacial score (nSPS) is 15.0. The number of anilines is 1. The molecule has 1 aliphatic heterocycles. The van der Waals surface area contributed by atoms with Crippen molar-refractivity contribution in [2.75, 3.05) is 18.8 Å². The number of benzene rings is 1. The summed E-state index contributed by atoms with van der Waals surface area (Å²) in [6, 6.07) is 6.24. The maximum Gasteiger partial charge on any atom is 0.316 e. The van der Waals surface area contributed by atoms with Crippen LogP contribution < -0.4 is 16.8 Å². The molecular formula is C15H18N4O4. The fraction of sp³-hybridized carbons (Fsp3) is 0.333. The minimum absolute atomic E-state index is 0.126. The van der Waals surface area contributed by atoms with E-state index in [1.807, 2.05) is 5.32 Å². The van der Waals surface area contributed by atoms with Crippen LogP contribution in [0.5, 0.6) is 0 Å². The maximum atomic E-state index is 12.0. The van der Waals surface area contributed by atoms with Crippen molar-refractivity contribution >= 4 is 29.3 Å². The highest BCUT2D eigenvalue weighted by Gasteiger charge is 2.30. The second kappa shape index (κ2) is 6.91. The molecule has 1 aromatic rings. The summed E-state index contributed by atoms with van der Waals surface area (Å²) in [6.07, 6.45) is 0.821. The van der Waals surface area contributed by atoms with Crippen LogP contribution in [0.4, 0.5) is 5.69 Å². The van der Waals surface area contributed by atoms with Crippen molar-refractivity contribution in [3.05, 3.63) is 29.8 Å². The summed E-state index contributed by atoms with van der Waals surface area (Å²) in [5.74, 6) is -3.25. The van der Waals surface area contributed by atoms with Crippen LogP contribution in [0.15, 0.2) is 24.3 Å². The quantitative estimate of drug-likeness (QED) is 0.487. The minimum atomic E-state index is -1.02. The van der Waals surface area contributed by atoms with E-state index in [-0.39, 0.29) is 30.3 Å². The minimum Gasteiger partial charge on any atom is -0.398 e. The first-order chi connectivity index (χ1) is 10.9. The Morgan fingerprint density at radius 1 is 1.09 bits per heavy atom. The zero-order valence-corrected chi connectivity index (χ0v) is 12.5. The molecule has 8 heteroatoms. The van der Waals surface area contributed by atoms with E-state index in [4.69, 9.17) is 11.5 Å². The number of nitrogen functional groups attached to an aromatic ring is 1. The van der Waals surface area contributed by atoms with Crippen LogP contribution in [-0.4, -0.2) is 41.6 Å². The summed E-state index contributed by atoms with van der Waals surface area (Å²) >= 11 is 0. The first kappa shape index (κ1) is 16.5. The van der Waals surface area contributed by atoms with Crippen molar-refractivity contribution < 1.29 is 19.2 Å². The number of carbonyl (C=O) groups excluding carboxylic acids is 4. The summed E-state index contributed by atoms with van der Waals surface area (Å²) in [5.41, 5.74) is 11.2. The molecule has 0 radical (unpaired) electrons. The lowest BCUT2D eigenvalue weighted by Gasteiger charge is -2.29. The van der Waals surface area contributed by atoms with Crippen molar-refractivity contribution in [1.82, 2.24) is 10.2 Å². The van der Waals surface area contributed by atoms with E-state index in [2.05, 4.69) is 0 Å². The fourth-order valence-electron chi connectivity index (χ4n) is 2.44. The molecule has 0 spiro atoms. The fourth-order valence-corrected chi connectivity index (χ4v) is 2.44. The number of piperidine rings is 1. The van der Waals surface area contributed by atoms with Crippen molar-refractivity contribution in [1.29, 1.82) is 0 Å². The average molecular weight is 318 g/mol. The molecule has 0 bridgehead atoms. The van der Waals surface area contributed by atoms with Gasteiger partial charge in [-0.25, -0.2) is 0 Å². The van der Waals surface area contributed by atoms with Crippen molar-refractivity contribution in [3.8, 4) is 0 Å². The topological polar surface area (TPSA) is 136 Å². The van der Waals surface area contributed by atoms with Crippen LogP contribution in [0.1, 0.15) is 23.2 Å². The molecule has 4 amide bonds. The summed E-state index contributed by atoms with van der Waals surface area (Å²) in [5, 5.41) is 2.03. The van der Waals surface area contributed by atoms with Gasteiger partial charge in [-0.1, -0.05) is 12.1 Å². The monoisotopic (exact) mass is 318 g/mol. The molecule has 1 saturated heterocycles. The highest BCUT2D eigenvalue weighted by Crippen LogP contribution is 2.16. The van der Waals surface area contributed by atoms with E-state index < -0.39 is 23.6 Å². The molecule has 0 unspecified atom stereocenters. The molecular weight excluding hydrogens is 300 g/mol. The number of primary amides is 1. The number of amides is 4. The predicted octanol–water partition coefficient (Wildman–Crippen LogP) is -0.751. The van der Waals surface area contributed by atoms with Gasteiger partial charge in [0.2, 0.25) is 5.91 Å². The molecule has 5 N–H and O–H groups in total. The van der Waals surface area contributed by atoms with Gasteiger partial charge in [-0.15, -0.1) is 0 Å². The van der Waals surface area contributed by atoms with Crippen molar-refractivity contribution in [3.63, 3.8) is 0 Å². The molecule has 0 atom stereocenters. The summed E-state index contributed by atoms with van der Waals surface area (Å²) in [4.78, 5) is 48.3. The number of nitrogens with two attached hydrogens (primary N) is 2. The third kappa shape index (κ3) is 3.85. The van der Waals surface area contributed by atoms with Gasteiger partial charge in [-0.2, -0.15) is 0 Å². The van der Waals surface area contributed by atoms with Crippen LogP contribution >= 0.6 is 0 Å². The first-order valence-corrected chi connectivity index (χ1v) is 7.18. The van der Waals surface area contributed by atoms with Gasteiger partial charge in [-0.05, 0) is 25.0 Å². The molecule has 1 aromatic carbocycles. The molecule has 1 fully saturated rings. The lowest BCUT2D eigenvalue weighted by molar-refractivity contribution is -0.146. The summed E-state index contributed by atoms with van der Waals surface area (Å²) in [6.45, 7) is 0.503. The number of likely N-dealkylation sites (tertiary alicyclic amines) is 1. The Morgan fingerprint density at radius 2 is 1.70 bits per heavy atom. The summed E-state index contributed by atoms with van der Waals surface area (Å²) in [7, 11) is 0. The average Bonchev–Trinajstić information content (AvgIpc) is 2.54. The van der Waals surface area contributed by atoms with E-state index in [1.54, 1.807) is 12.1 Å². The van der Waals surface area contributed by atoms with Gasteiger partial charge in [0.1, 0.15) is 0 Å². The molecule has 1 heterocycles. The lowest BCUT2D eigenvalue weighted by Crippen LogP contribution is -2.49. The number of rotatable bonds is 2. The second-order valence-electron chi connectivity index (χ2n) is 5.34. The first-order valence-electron chi connectivity index (χ1n) is 7.18. The number of hydrogen-bond acceptors (Lipinski definition) is 5. The van der Waals surface area contributed by atoms with Gasteiger partial charge >= 0.3 is 11.8 Å². The molecule has 8 nitrogen and oxygen atoms in total. The van der Waals surface area contributed by atoms with Crippen molar-refractivity contribution in [2.24, 2.45) is 11.7 Å².